The fourth-order valence-corrected chi connectivity index (χ4v) is 3.25. The Balaban J connectivity index is 1.84. The maximum Gasteiger partial charge on any atom is 0.191 e. The Kier molecular flexibility index (Phi) is 9.22. The summed E-state index contributed by atoms with van der Waals surface area (Å²) in [6, 6.07) is 10.9. The zero-order chi connectivity index (χ0) is 20.4. The molecule has 1 heterocycles. The van der Waals surface area contributed by atoms with E-state index in [0.29, 0.717) is 19.8 Å². The number of guanidine groups is 1. The first-order chi connectivity index (χ1) is 13.4. The summed E-state index contributed by atoms with van der Waals surface area (Å²) in [5, 5.41) is 10.5. The lowest BCUT2D eigenvalue weighted by Gasteiger charge is -2.29. The molecule has 1 aromatic carbocycles. The van der Waals surface area contributed by atoms with Crippen molar-refractivity contribution in [3.63, 3.8) is 0 Å². The van der Waals surface area contributed by atoms with E-state index in [2.05, 4.69) is 74.8 Å². The molecule has 0 radical (unpaired) electrons. The monoisotopic (exact) mass is 390 g/mol. The number of nitrogens with one attached hydrogen (secondary N) is 3. The van der Waals surface area contributed by atoms with Gasteiger partial charge in [0, 0.05) is 30.8 Å². The van der Waals surface area contributed by atoms with Gasteiger partial charge in [0.25, 0.3) is 0 Å². The Morgan fingerprint density at radius 2 is 2.04 bits per heavy atom. The van der Waals surface area contributed by atoms with Crippen LogP contribution in [0, 0.1) is 0 Å². The lowest BCUT2D eigenvalue weighted by Crippen LogP contribution is -2.47. The molecule has 6 heteroatoms. The topological polar surface area (TPSA) is 66.9 Å². The minimum Gasteiger partial charge on any atom is -0.379 e. The van der Waals surface area contributed by atoms with Crippen LogP contribution >= 0.6 is 0 Å². The molecule has 28 heavy (non-hydrogen) atoms. The van der Waals surface area contributed by atoms with Gasteiger partial charge in [-0.1, -0.05) is 30.3 Å². The van der Waals surface area contributed by atoms with E-state index in [1.807, 2.05) is 6.07 Å². The molecule has 0 aromatic heterocycles. The van der Waals surface area contributed by atoms with Gasteiger partial charge in [-0.3, -0.25) is 4.99 Å². The van der Waals surface area contributed by atoms with Gasteiger partial charge in [-0.2, -0.15) is 0 Å². The highest BCUT2D eigenvalue weighted by Crippen LogP contribution is 2.16. The molecule has 6 nitrogen and oxygen atoms in total. The number of ether oxygens (including phenoxy) is 2. The highest BCUT2D eigenvalue weighted by molar-refractivity contribution is 5.80. The second kappa shape index (κ2) is 11.4. The highest BCUT2D eigenvalue weighted by Gasteiger charge is 2.21. The van der Waals surface area contributed by atoms with Crippen molar-refractivity contribution in [2.24, 2.45) is 4.99 Å². The normalized spacial score (nSPS) is 20.0. The Bertz CT molecular complexity index is 585. The minimum absolute atomic E-state index is 0.126. The fourth-order valence-electron chi connectivity index (χ4n) is 3.25. The van der Waals surface area contributed by atoms with Gasteiger partial charge in [0.2, 0.25) is 0 Å². The van der Waals surface area contributed by atoms with Crippen LogP contribution in [0.4, 0.5) is 0 Å². The van der Waals surface area contributed by atoms with Gasteiger partial charge in [-0.05, 0) is 46.6 Å². The third-order valence-corrected chi connectivity index (χ3v) is 4.74. The smallest absolute Gasteiger partial charge is 0.191 e. The molecular weight excluding hydrogens is 352 g/mol. The van der Waals surface area contributed by atoms with Gasteiger partial charge in [0.1, 0.15) is 0 Å². The second-order valence-corrected chi connectivity index (χ2v) is 8.22. The summed E-state index contributed by atoms with van der Waals surface area (Å²) in [6.07, 6.45) is 1.21. The molecule has 0 saturated carbocycles. The number of nitrogens with zero attached hydrogens (tertiary/aromatic N) is 1. The fraction of sp³-hybridized carbons (Fsp3) is 0.682. The molecule has 1 fully saturated rings. The molecule has 3 N–H and O–H groups in total. The van der Waals surface area contributed by atoms with E-state index < -0.39 is 0 Å². The molecule has 2 rings (SSSR count). The molecule has 3 unspecified atom stereocenters. The number of aliphatic imine (C=N–C) groups is 1. The van der Waals surface area contributed by atoms with Crippen molar-refractivity contribution in [1.29, 1.82) is 0 Å². The number of benzene rings is 1. The number of hydrogen-bond acceptors (Lipinski definition) is 4. The Morgan fingerprint density at radius 1 is 1.29 bits per heavy atom. The predicted molar refractivity (Wildman–Crippen MR) is 116 cm³/mol. The van der Waals surface area contributed by atoms with Crippen molar-refractivity contribution in [3.05, 3.63) is 35.9 Å². The minimum atomic E-state index is -0.126. The van der Waals surface area contributed by atoms with E-state index in [4.69, 9.17) is 14.5 Å². The van der Waals surface area contributed by atoms with Crippen LogP contribution in [0.1, 0.15) is 52.6 Å². The lowest BCUT2D eigenvalue weighted by atomic mass is 10.0. The predicted octanol–water partition coefficient (Wildman–Crippen LogP) is 2.86. The van der Waals surface area contributed by atoms with Gasteiger partial charge in [0.15, 0.2) is 5.96 Å². The molecule has 0 bridgehead atoms. The number of hydrogen-bond donors (Lipinski definition) is 3. The van der Waals surface area contributed by atoms with Crippen LogP contribution in [0.2, 0.25) is 0 Å². The average molecular weight is 391 g/mol. The van der Waals surface area contributed by atoms with Gasteiger partial charge in [-0.15, -0.1) is 0 Å². The van der Waals surface area contributed by atoms with E-state index in [1.165, 1.54) is 5.56 Å². The molecule has 1 aliphatic heterocycles. The molecule has 0 aliphatic carbocycles. The van der Waals surface area contributed by atoms with Gasteiger partial charge >= 0.3 is 0 Å². The summed E-state index contributed by atoms with van der Waals surface area (Å²) < 4.78 is 11.3. The summed E-state index contributed by atoms with van der Waals surface area (Å²) in [5.74, 6) is 0.823. The highest BCUT2D eigenvalue weighted by atomic mass is 16.5. The third-order valence-electron chi connectivity index (χ3n) is 4.74. The standard InChI is InChI=1S/C22H38N4O2/c1-6-23-21(25-17(2)14-28-20-12-13-27-15-20)24-16-22(4,5)26-18(3)19-10-8-7-9-11-19/h7-11,17-18,20,26H,6,12-16H2,1-5H3,(H2,23,24,25). The average Bonchev–Trinajstić information content (AvgIpc) is 3.19. The third kappa shape index (κ3) is 8.17. The first-order valence-corrected chi connectivity index (χ1v) is 10.5. The van der Waals surface area contributed by atoms with Gasteiger partial charge < -0.3 is 25.4 Å². The molecule has 1 saturated heterocycles. The molecule has 1 aromatic rings. The molecule has 0 amide bonds. The van der Waals surface area contributed by atoms with Crippen molar-refractivity contribution in [2.45, 2.75) is 64.8 Å². The maximum absolute atomic E-state index is 5.91. The molecule has 3 atom stereocenters. The summed E-state index contributed by atoms with van der Waals surface area (Å²) in [5.41, 5.74) is 1.16. The summed E-state index contributed by atoms with van der Waals surface area (Å²) in [7, 11) is 0. The second-order valence-electron chi connectivity index (χ2n) is 8.22. The Labute approximate surface area is 170 Å². The van der Waals surface area contributed by atoms with E-state index in [0.717, 1.165) is 25.5 Å². The first-order valence-electron chi connectivity index (χ1n) is 10.5. The number of rotatable bonds is 10. The molecule has 0 spiro atoms. The zero-order valence-corrected chi connectivity index (χ0v) is 18.1. The largest absolute Gasteiger partial charge is 0.379 e. The molecule has 1 aliphatic rings. The zero-order valence-electron chi connectivity index (χ0n) is 18.1. The van der Waals surface area contributed by atoms with E-state index >= 15 is 0 Å². The molecule has 158 valence electrons. The maximum atomic E-state index is 5.91. The van der Waals surface area contributed by atoms with Crippen LogP contribution in [0.25, 0.3) is 0 Å². The summed E-state index contributed by atoms with van der Waals surface area (Å²) in [6.45, 7) is 14.4. The van der Waals surface area contributed by atoms with Crippen LogP contribution in [-0.4, -0.2) is 56.6 Å². The van der Waals surface area contributed by atoms with Crippen LogP contribution in [0.5, 0.6) is 0 Å². The quantitative estimate of drug-likeness (QED) is 0.423. The first kappa shape index (κ1) is 22.7. The van der Waals surface area contributed by atoms with Crippen molar-refractivity contribution in [2.75, 3.05) is 32.9 Å². The van der Waals surface area contributed by atoms with Gasteiger partial charge in [-0.25, -0.2) is 0 Å². The van der Waals surface area contributed by atoms with Crippen molar-refractivity contribution >= 4 is 5.96 Å². The summed E-state index contributed by atoms with van der Waals surface area (Å²) >= 11 is 0. The van der Waals surface area contributed by atoms with Crippen LogP contribution in [0.15, 0.2) is 35.3 Å². The van der Waals surface area contributed by atoms with E-state index in [1.54, 1.807) is 0 Å². The van der Waals surface area contributed by atoms with Gasteiger partial charge in [0.05, 0.1) is 25.9 Å². The van der Waals surface area contributed by atoms with Crippen molar-refractivity contribution in [3.8, 4) is 0 Å². The Hall–Kier alpha value is -1.63. The van der Waals surface area contributed by atoms with Crippen molar-refractivity contribution < 1.29 is 9.47 Å². The van der Waals surface area contributed by atoms with Crippen LogP contribution in [-0.2, 0) is 9.47 Å². The Morgan fingerprint density at radius 3 is 2.68 bits per heavy atom. The van der Waals surface area contributed by atoms with Crippen LogP contribution in [0.3, 0.4) is 0 Å². The molecular formula is C22H38N4O2. The van der Waals surface area contributed by atoms with Crippen molar-refractivity contribution in [1.82, 2.24) is 16.0 Å². The van der Waals surface area contributed by atoms with Crippen LogP contribution < -0.4 is 16.0 Å². The van der Waals surface area contributed by atoms with E-state index in [9.17, 15) is 0 Å². The summed E-state index contributed by atoms with van der Waals surface area (Å²) in [4.78, 5) is 4.80. The lowest BCUT2D eigenvalue weighted by molar-refractivity contribution is 0.0347. The SMILES string of the molecule is CCNC(=NCC(C)(C)NC(C)c1ccccc1)NC(C)COC1CCOC1. The van der Waals surface area contributed by atoms with E-state index in [-0.39, 0.29) is 23.7 Å².